The Balaban J connectivity index is 1.23. The Bertz CT molecular complexity index is 2510. The first-order valence-electron chi connectivity index (χ1n) is 22.4. The topological polar surface area (TPSA) is 136 Å². The van der Waals surface area contributed by atoms with Gasteiger partial charge in [0.25, 0.3) is 0 Å². The highest BCUT2D eigenvalue weighted by atomic mass is 32.2. The third-order valence-electron chi connectivity index (χ3n) is 12.7. The van der Waals surface area contributed by atoms with Gasteiger partial charge in [-0.15, -0.1) is 0 Å². The van der Waals surface area contributed by atoms with Gasteiger partial charge in [-0.1, -0.05) is 36.0 Å². The third-order valence-corrected chi connectivity index (χ3v) is 13.9. The minimum atomic E-state index is -5.14. The first-order valence-corrected chi connectivity index (χ1v) is 23.2. The molecule has 4 aliphatic rings. The molecule has 4 aromatic carbocycles. The number of hydrogen-bond acceptors (Lipinski definition) is 9. The van der Waals surface area contributed by atoms with Crippen LogP contribution in [0.5, 0.6) is 11.5 Å². The molecule has 19 heteroatoms. The highest BCUT2D eigenvalue weighted by Gasteiger charge is 2.42. The van der Waals surface area contributed by atoms with Crippen LogP contribution in [0.25, 0.3) is 34.4 Å². The van der Waals surface area contributed by atoms with E-state index in [1.807, 2.05) is 0 Å². The normalized spacial score (nSPS) is 17.0. The molecule has 4 aliphatic heterocycles. The SMILES string of the molecule is CNC(=O)C1CCN(C(=O)/C=C/c2ccc(Sc3ccc(/C=C/C(=O)N4CCC(C(=O)NC)CC4)c(-c4ccc5c(c4)CCOO5)c3C(F)(F)F)c(C(F)(F)F)c2-c2ccc3c(c2)CCOO3)CC1. The van der Waals surface area contributed by atoms with E-state index in [2.05, 4.69) is 10.6 Å². The third kappa shape index (κ3) is 10.9. The van der Waals surface area contributed by atoms with Crippen LogP contribution in [0.2, 0.25) is 0 Å². The van der Waals surface area contributed by atoms with Crippen LogP contribution in [-0.2, 0) is 54.1 Å². The van der Waals surface area contributed by atoms with E-state index in [1.54, 1.807) is 0 Å². The molecule has 0 spiro atoms. The van der Waals surface area contributed by atoms with Crippen molar-refractivity contribution in [1.29, 1.82) is 0 Å². The second-order valence-electron chi connectivity index (χ2n) is 17.0. The molecule has 0 bridgehead atoms. The van der Waals surface area contributed by atoms with Gasteiger partial charge in [-0.2, -0.15) is 36.1 Å². The number of nitrogens with zero attached hydrogens (tertiary/aromatic N) is 2. The van der Waals surface area contributed by atoms with Crippen molar-refractivity contribution in [2.75, 3.05) is 53.5 Å². The van der Waals surface area contributed by atoms with Crippen molar-refractivity contribution in [3.63, 3.8) is 0 Å². The van der Waals surface area contributed by atoms with Crippen molar-refractivity contribution >= 4 is 47.5 Å². The molecule has 4 aromatic rings. The van der Waals surface area contributed by atoms with Crippen molar-refractivity contribution in [1.82, 2.24) is 20.4 Å². The maximum Gasteiger partial charge on any atom is 0.418 e. The number of halogens is 6. The van der Waals surface area contributed by atoms with E-state index in [0.29, 0.717) is 72.9 Å². The average Bonchev–Trinajstić information content (AvgIpc) is 3.35. The van der Waals surface area contributed by atoms with Crippen molar-refractivity contribution in [2.24, 2.45) is 11.8 Å². The summed E-state index contributed by atoms with van der Waals surface area (Å²) in [6, 6.07) is 13.6. The summed E-state index contributed by atoms with van der Waals surface area (Å²) >= 11 is 0.297. The van der Waals surface area contributed by atoms with Crippen LogP contribution < -0.4 is 20.4 Å². The van der Waals surface area contributed by atoms with E-state index in [0.717, 1.165) is 24.3 Å². The standard InChI is InChI=1S/C50H48F6N4O8S/c1-57-47(63)31-15-21-59(22-16-31)41(61)13-7-29-5-11-39(45(49(51,52)53)43(29)35-3-9-37-33(27-35)19-25-65-67-37)69-40-12-6-30(8-14-42(62)60-23-17-32(18-24-60)48(64)58-2)44(46(40)50(54,55)56)36-4-10-38-34(28-36)20-26-66-68-38/h3-14,27-28,31-32H,15-26H2,1-2H3,(H,57,63)(H,58,64)/b13-7+,14-8+. The molecule has 0 aliphatic carbocycles. The Labute approximate surface area is 397 Å². The molecule has 0 unspecified atom stereocenters. The zero-order valence-electron chi connectivity index (χ0n) is 37.6. The maximum atomic E-state index is 15.8. The van der Waals surface area contributed by atoms with Gasteiger partial charge in [0, 0.05) is 109 Å². The summed E-state index contributed by atoms with van der Waals surface area (Å²) < 4.78 is 95.1. The molecule has 0 saturated carbocycles. The first-order chi connectivity index (χ1) is 33.0. The number of alkyl halides is 6. The number of likely N-dealkylation sites (tertiary alicyclic amines) is 2. The summed E-state index contributed by atoms with van der Waals surface area (Å²) in [6.07, 6.45) is -3.19. The molecule has 0 aromatic heterocycles. The number of hydrogen-bond donors (Lipinski definition) is 2. The summed E-state index contributed by atoms with van der Waals surface area (Å²) in [6.45, 7) is 1.27. The van der Waals surface area contributed by atoms with Gasteiger partial charge in [0.15, 0.2) is 11.5 Å². The number of carbonyl (C=O) groups is 4. The maximum absolute atomic E-state index is 15.8. The highest BCUT2D eigenvalue weighted by molar-refractivity contribution is 7.99. The number of carbonyl (C=O) groups excluding carboxylic acids is 4. The van der Waals surface area contributed by atoms with Crippen LogP contribution in [0, 0.1) is 11.8 Å². The molecule has 12 nitrogen and oxygen atoms in total. The highest BCUT2D eigenvalue weighted by Crippen LogP contribution is 2.52. The fourth-order valence-corrected chi connectivity index (χ4v) is 10.3. The van der Waals surface area contributed by atoms with Crippen LogP contribution in [0.4, 0.5) is 26.3 Å². The molecule has 4 amide bonds. The fourth-order valence-electron chi connectivity index (χ4n) is 9.15. The van der Waals surface area contributed by atoms with Crippen molar-refractivity contribution in [2.45, 2.75) is 60.7 Å². The lowest BCUT2D eigenvalue weighted by atomic mass is 9.91. The van der Waals surface area contributed by atoms with Gasteiger partial charge in [-0.25, -0.2) is 0 Å². The minimum absolute atomic E-state index is 0.0202. The number of fused-ring (bicyclic) bond motifs is 2. The van der Waals surface area contributed by atoms with E-state index in [4.69, 9.17) is 19.6 Å². The lowest BCUT2D eigenvalue weighted by Crippen LogP contribution is -2.41. The number of rotatable bonds is 10. The van der Waals surface area contributed by atoms with E-state index in [-0.39, 0.29) is 96.4 Å². The number of piperidine rings is 2. The van der Waals surface area contributed by atoms with Gasteiger partial charge < -0.3 is 30.2 Å². The molecule has 69 heavy (non-hydrogen) atoms. The van der Waals surface area contributed by atoms with Gasteiger partial charge in [0.05, 0.1) is 24.3 Å². The molecule has 4 heterocycles. The van der Waals surface area contributed by atoms with Crippen LogP contribution in [0.1, 0.15) is 59.1 Å². The Morgan fingerprint density at radius 1 is 0.594 bits per heavy atom. The van der Waals surface area contributed by atoms with Gasteiger partial charge >= 0.3 is 12.4 Å². The molecule has 0 radical (unpaired) electrons. The van der Waals surface area contributed by atoms with Gasteiger partial charge in [-0.3, -0.25) is 19.2 Å². The largest absolute Gasteiger partial charge is 0.418 e. The van der Waals surface area contributed by atoms with Gasteiger partial charge in [0.1, 0.15) is 0 Å². The van der Waals surface area contributed by atoms with Crippen LogP contribution in [0.3, 0.4) is 0 Å². The minimum Gasteiger partial charge on any atom is -0.359 e. The van der Waals surface area contributed by atoms with E-state index in [1.165, 1.54) is 84.6 Å². The Kier molecular flexibility index (Phi) is 14.8. The molecule has 0 atom stereocenters. The Hall–Kier alpha value is -6.31. The smallest absolute Gasteiger partial charge is 0.359 e. The summed E-state index contributed by atoms with van der Waals surface area (Å²) in [5.41, 5.74) is -2.00. The second-order valence-corrected chi connectivity index (χ2v) is 18.0. The summed E-state index contributed by atoms with van der Waals surface area (Å²) in [5.74, 6) is -1.22. The molecule has 364 valence electrons. The molecular formula is C50H48F6N4O8S. The zero-order valence-corrected chi connectivity index (χ0v) is 38.4. The van der Waals surface area contributed by atoms with Crippen molar-refractivity contribution < 1.29 is 65.1 Å². The van der Waals surface area contributed by atoms with Gasteiger partial charge in [0.2, 0.25) is 23.6 Å². The van der Waals surface area contributed by atoms with Crippen molar-refractivity contribution in [3.8, 4) is 33.8 Å². The monoisotopic (exact) mass is 978 g/mol. The van der Waals surface area contributed by atoms with Crippen LogP contribution >= 0.6 is 11.8 Å². The predicted molar refractivity (Wildman–Crippen MR) is 243 cm³/mol. The van der Waals surface area contributed by atoms with E-state index >= 15 is 26.3 Å². The van der Waals surface area contributed by atoms with E-state index in [9.17, 15) is 19.2 Å². The number of benzene rings is 4. The average molecular weight is 979 g/mol. The zero-order chi connectivity index (χ0) is 49.0. The molecule has 8 rings (SSSR count). The molecule has 2 fully saturated rings. The molecule has 2 saturated heterocycles. The summed E-state index contributed by atoms with van der Waals surface area (Å²) in [7, 11) is 3.06. The second kappa shape index (κ2) is 20.7. The predicted octanol–water partition coefficient (Wildman–Crippen LogP) is 8.94. The van der Waals surface area contributed by atoms with Crippen LogP contribution in [0.15, 0.2) is 82.6 Å². The van der Waals surface area contributed by atoms with Crippen LogP contribution in [-0.4, -0.2) is 86.9 Å². The lowest BCUT2D eigenvalue weighted by molar-refractivity contribution is -0.215. The van der Waals surface area contributed by atoms with E-state index < -0.39 is 45.1 Å². The number of amides is 4. The quantitative estimate of drug-likeness (QED) is 0.0908. The first kappa shape index (κ1) is 49.1. The van der Waals surface area contributed by atoms with Crippen molar-refractivity contribution in [3.05, 3.63) is 106 Å². The fraction of sp³-hybridized carbons (Fsp3) is 0.360. The van der Waals surface area contributed by atoms with Gasteiger partial charge in [-0.05, 0) is 96.5 Å². The Morgan fingerprint density at radius 2 is 0.986 bits per heavy atom. The summed E-state index contributed by atoms with van der Waals surface area (Å²) in [5, 5.41) is 5.21. The molecular weight excluding hydrogens is 931 g/mol. The molecule has 2 N–H and O–H groups in total. The lowest BCUT2D eigenvalue weighted by Gasteiger charge is -2.30. The number of nitrogens with one attached hydrogen (secondary N) is 2. The Morgan fingerprint density at radius 3 is 1.35 bits per heavy atom. The summed E-state index contributed by atoms with van der Waals surface area (Å²) in [4.78, 5) is 73.9.